The van der Waals surface area contributed by atoms with Gasteiger partial charge >= 0.3 is 0 Å². The van der Waals surface area contributed by atoms with Crippen molar-refractivity contribution >= 4 is 17.3 Å². The Balaban J connectivity index is 2.10. The first-order valence-corrected chi connectivity index (χ1v) is 7.31. The van der Waals surface area contributed by atoms with E-state index < -0.39 is 0 Å². The summed E-state index contributed by atoms with van der Waals surface area (Å²) in [5.41, 5.74) is 2.32. The fraction of sp³-hybridized carbons (Fsp3) is 0.294. The van der Waals surface area contributed by atoms with E-state index in [1.54, 1.807) is 0 Å². The molecule has 0 N–H and O–H groups in total. The summed E-state index contributed by atoms with van der Waals surface area (Å²) in [6.07, 6.45) is 3.52. The second-order valence-electron chi connectivity index (χ2n) is 4.66. The van der Waals surface area contributed by atoms with Gasteiger partial charge in [0.15, 0.2) is 5.05 Å². The van der Waals surface area contributed by atoms with Gasteiger partial charge in [-0.05, 0) is 43.3 Å². The number of aromatic nitrogens is 1. The van der Waals surface area contributed by atoms with Crippen LogP contribution in [-0.2, 0) is 17.6 Å². The third kappa shape index (κ3) is 4.42. The van der Waals surface area contributed by atoms with Crippen LogP contribution in [-0.4, -0.2) is 16.6 Å². The fourth-order valence-corrected chi connectivity index (χ4v) is 2.45. The SMILES string of the molecule is CCOC(=S)C(Cc1ccccc1)Cc1ccccn1. The fourth-order valence-electron chi connectivity index (χ4n) is 2.17. The molecule has 0 fully saturated rings. The number of pyridine rings is 1. The Morgan fingerprint density at radius 2 is 1.85 bits per heavy atom. The smallest absolute Gasteiger partial charge is 0.163 e. The predicted molar refractivity (Wildman–Crippen MR) is 85.8 cm³/mol. The Morgan fingerprint density at radius 3 is 2.50 bits per heavy atom. The minimum Gasteiger partial charge on any atom is -0.487 e. The van der Waals surface area contributed by atoms with Crippen molar-refractivity contribution < 1.29 is 4.74 Å². The van der Waals surface area contributed by atoms with Crippen LogP contribution in [0.5, 0.6) is 0 Å². The van der Waals surface area contributed by atoms with E-state index in [-0.39, 0.29) is 5.92 Å². The second-order valence-corrected chi connectivity index (χ2v) is 5.07. The standard InChI is InChI=1S/C17H19NOS/c1-2-19-17(20)15(12-14-8-4-3-5-9-14)13-16-10-6-7-11-18-16/h3-11,15H,2,12-13H2,1H3. The van der Waals surface area contributed by atoms with Crippen LogP contribution >= 0.6 is 12.2 Å². The molecule has 1 aromatic heterocycles. The average Bonchev–Trinajstić information content (AvgIpc) is 2.49. The number of ether oxygens (including phenoxy) is 1. The van der Waals surface area contributed by atoms with Crippen molar-refractivity contribution in [3.8, 4) is 0 Å². The third-order valence-corrected chi connectivity index (χ3v) is 3.58. The summed E-state index contributed by atoms with van der Waals surface area (Å²) >= 11 is 5.42. The van der Waals surface area contributed by atoms with Crippen LogP contribution in [0.4, 0.5) is 0 Å². The quantitative estimate of drug-likeness (QED) is 0.753. The zero-order valence-corrected chi connectivity index (χ0v) is 12.5. The normalized spacial score (nSPS) is 11.8. The van der Waals surface area contributed by atoms with Gasteiger partial charge in [0.25, 0.3) is 0 Å². The van der Waals surface area contributed by atoms with Gasteiger partial charge < -0.3 is 4.74 Å². The van der Waals surface area contributed by atoms with E-state index in [0.717, 1.165) is 18.5 Å². The molecule has 0 spiro atoms. The molecule has 0 saturated carbocycles. The van der Waals surface area contributed by atoms with Crippen molar-refractivity contribution in [2.75, 3.05) is 6.61 Å². The molecule has 20 heavy (non-hydrogen) atoms. The summed E-state index contributed by atoms with van der Waals surface area (Å²) in [6, 6.07) is 16.3. The zero-order valence-electron chi connectivity index (χ0n) is 11.7. The van der Waals surface area contributed by atoms with Gasteiger partial charge in [0, 0.05) is 24.2 Å². The third-order valence-electron chi connectivity index (χ3n) is 3.13. The Bertz CT molecular complexity index is 486. The molecule has 0 radical (unpaired) electrons. The Kier molecular flexibility index (Phi) is 5.69. The van der Waals surface area contributed by atoms with Crippen LogP contribution in [0.25, 0.3) is 0 Å². The Morgan fingerprint density at radius 1 is 1.10 bits per heavy atom. The molecule has 0 aliphatic carbocycles. The van der Waals surface area contributed by atoms with Crippen LogP contribution in [0.3, 0.4) is 0 Å². The predicted octanol–water partition coefficient (Wildman–Crippen LogP) is 3.85. The van der Waals surface area contributed by atoms with Gasteiger partial charge in [-0.2, -0.15) is 0 Å². The topological polar surface area (TPSA) is 22.1 Å². The molecule has 2 nitrogen and oxygen atoms in total. The highest BCUT2D eigenvalue weighted by atomic mass is 32.1. The van der Waals surface area contributed by atoms with E-state index in [1.165, 1.54) is 5.56 Å². The maximum Gasteiger partial charge on any atom is 0.163 e. The number of rotatable bonds is 6. The molecule has 2 rings (SSSR count). The molecular weight excluding hydrogens is 266 g/mol. The van der Waals surface area contributed by atoms with Crippen molar-refractivity contribution in [1.82, 2.24) is 4.98 Å². The maximum absolute atomic E-state index is 5.55. The summed E-state index contributed by atoms with van der Waals surface area (Å²) in [4.78, 5) is 4.39. The monoisotopic (exact) mass is 285 g/mol. The number of nitrogens with zero attached hydrogens (tertiary/aromatic N) is 1. The molecule has 3 heteroatoms. The highest BCUT2D eigenvalue weighted by Gasteiger charge is 2.17. The van der Waals surface area contributed by atoms with Gasteiger partial charge in [-0.15, -0.1) is 0 Å². The van der Waals surface area contributed by atoms with Crippen LogP contribution in [0.15, 0.2) is 54.7 Å². The first-order valence-electron chi connectivity index (χ1n) is 6.90. The maximum atomic E-state index is 5.55. The number of hydrogen-bond acceptors (Lipinski definition) is 3. The van der Waals surface area contributed by atoms with Gasteiger partial charge in [-0.1, -0.05) is 36.4 Å². The molecule has 0 aliphatic heterocycles. The van der Waals surface area contributed by atoms with Crippen LogP contribution in [0.2, 0.25) is 0 Å². The first kappa shape index (κ1) is 14.7. The van der Waals surface area contributed by atoms with Crippen molar-refractivity contribution in [1.29, 1.82) is 0 Å². The minimum absolute atomic E-state index is 0.183. The largest absolute Gasteiger partial charge is 0.487 e. The lowest BCUT2D eigenvalue weighted by Gasteiger charge is -2.18. The molecule has 0 bridgehead atoms. The number of benzene rings is 1. The number of thiocarbonyl (C=S) groups is 1. The lowest BCUT2D eigenvalue weighted by Crippen LogP contribution is -2.21. The van der Waals surface area contributed by atoms with Crippen LogP contribution in [0, 0.1) is 5.92 Å². The zero-order chi connectivity index (χ0) is 14.2. The first-order chi connectivity index (χ1) is 9.79. The molecule has 0 amide bonds. The van der Waals surface area contributed by atoms with E-state index in [9.17, 15) is 0 Å². The summed E-state index contributed by atoms with van der Waals surface area (Å²) in [7, 11) is 0. The molecule has 104 valence electrons. The van der Waals surface area contributed by atoms with E-state index in [4.69, 9.17) is 17.0 Å². The van der Waals surface area contributed by atoms with Crippen molar-refractivity contribution in [3.63, 3.8) is 0 Å². The summed E-state index contributed by atoms with van der Waals surface area (Å²) in [6.45, 7) is 2.58. The van der Waals surface area contributed by atoms with E-state index in [2.05, 4.69) is 29.2 Å². The van der Waals surface area contributed by atoms with Crippen molar-refractivity contribution in [3.05, 3.63) is 66.0 Å². The average molecular weight is 285 g/mol. The minimum atomic E-state index is 0.183. The molecule has 1 atom stereocenters. The lowest BCUT2D eigenvalue weighted by molar-refractivity contribution is 0.309. The van der Waals surface area contributed by atoms with E-state index >= 15 is 0 Å². The van der Waals surface area contributed by atoms with Crippen molar-refractivity contribution in [2.45, 2.75) is 19.8 Å². The summed E-state index contributed by atoms with van der Waals surface area (Å²) < 4.78 is 5.55. The molecular formula is C17H19NOS. The second kappa shape index (κ2) is 7.75. The molecule has 1 unspecified atom stereocenters. The highest BCUT2D eigenvalue weighted by Crippen LogP contribution is 2.16. The molecule has 2 aromatic rings. The summed E-state index contributed by atoms with van der Waals surface area (Å²) in [5, 5.41) is 0.682. The highest BCUT2D eigenvalue weighted by molar-refractivity contribution is 7.80. The van der Waals surface area contributed by atoms with Gasteiger partial charge in [0.05, 0.1) is 6.61 Å². The lowest BCUT2D eigenvalue weighted by atomic mass is 9.95. The van der Waals surface area contributed by atoms with Gasteiger partial charge in [-0.25, -0.2) is 0 Å². The molecule has 0 aliphatic rings. The van der Waals surface area contributed by atoms with Crippen molar-refractivity contribution in [2.24, 2.45) is 5.92 Å². The number of hydrogen-bond donors (Lipinski definition) is 0. The molecule has 0 saturated heterocycles. The van der Waals surface area contributed by atoms with Gasteiger partial charge in [0.2, 0.25) is 0 Å². The van der Waals surface area contributed by atoms with Gasteiger partial charge in [0.1, 0.15) is 0 Å². The molecule has 1 aromatic carbocycles. The Hall–Kier alpha value is -1.74. The molecule has 1 heterocycles. The Labute approximate surface area is 125 Å². The van der Waals surface area contributed by atoms with Gasteiger partial charge in [-0.3, -0.25) is 4.98 Å². The van der Waals surface area contributed by atoms with Crippen LogP contribution in [0.1, 0.15) is 18.2 Å². The van der Waals surface area contributed by atoms with E-state index in [0.29, 0.717) is 11.7 Å². The van der Waals surface area contributed by atoms with Crippen LogP contribution < -0.4 is 0 Å². The van der Waals surface area contributed by atoms with E-state index in [1.807, 2.05) is 37.4 Å². The summed E-state index contributed by atoms with van der Waals surface area (Å²) in [5.74, 6) is 0.183.